The van der Waals surface area contributed by atoms with Crippen LogP contribution >= 0.6 is 0 Å². The fourth-order valence-electron chi connectivity index (χ4n) is 4.21. The van der Waals surface area contributed by atoms with Crippen molar-refractivity contribution in [1.82, 2.24) is 9.55 Å². The molecule has 2 aromatic carbocycles. The molecule has 1 N–H and O–H groups in total. The number of rotatable bonds is 8. The Labute approximate surface area is 169 Å². The van der Waals surface area contributed by atoms with Gasteiger partial charge in [-0.25, -0.2) is 4.98 Å². The first-order valence-corrected chi connectivity index (χ1v) is 10.6. The molecule has 0 radical (unpaired) electrons. The van der Waals surface area contributed by atoms with Crippen LogP contribution in [0.5, 0.6) is 0 Å². The minimum Gasteiger partial charge on any atom is -0.370 e. The topological polar surface area (TPSA) is 33.1 Å². The van der Waals surface area contributed by atoms with Crippen LogP contribution in [0.3, 0.4) is 0 Å². The number of nitrogens with one attached hydrogen (secondary N) is 1. The maximum absolute atomic E-state index is 4.97. The first-order chi connectivity index (χ1) is 13.5. The van der Waals surface area contributed by atoms with Crippen molar-refractivity contribution in [3.63, 3.8) is 0 Å². The van der Waals surface area contributed by atoms with Crippen LogP contribution in [-0.4, -0.2) is 22.6 Å². The second-order valence-electron chi connectivity index (χ2n) is 7.71. The van der Waals surface area contributed by atoms with E-state index in [1.54, 1.807) is 0 Å². The van der Waals surface area contributed by atoms with Crippen molar-refractivity contribution < 1.29 is 0 Å². The molecule has 0 bridgehead atoms. The van der Waals surface area contributed by atoms with Crippen LogP contribution in [0.4, 0.5) is 17.3 Å². The molecule has 0 fully saturated rings. The predicted octanol–water partition coefficient (Wildman–Crippen LogP) is 6.35. The van der Waals surface area contributed by atoms with Crippen LogP contribution in [0.2, 0.25) is 0 Å². The number of nitrogens with zero attached hydrogens (tertiary/aromatic N) is 3. The third-order valence-electron chi connectivity index (χ3n) is 5.30. The molecule has 3 aromatic rings. The molecular weight excluding hydrogens is 344 g/mol. The molecule has 150 valence electrons. The summed E-state index contributed by atoms with van der Waals surface area (Å²) in [5.74, 6) is 0.924. The highest BCUT2D eigenvalue weighted by molar-refractivity contribution is 5.92. The zero-order chi connectivity index (χ0) is 20.3. The number of aryl methyl sites for hydroxylation is 4. The molecule has 4 nitrogen and oxygen atoms in total. The average Bonchev–Trinajstić information content (AvgIpc) is 3.01. The van der Waals surface area contributed by atoms with Crippen molar-refractivity contribution in [3.8, 4) is 0 Å². The number of fused-ring (bicyclic) bond motifs is 1. The molecule has 4 heteroatoms. The van der Waals surface area contributed by atoms with Gasteiger partial charge in [0, 0.05) is 25.3 Å². The fourth-order valence-corrected chi connectivity index (χ4v) is 4.21. The Morgan fingerprint density at radius 1 is 0.964 bits per heavy atom. The van der Waals surface area contributed by atoms with Gasteiger partial charge in [-0.3, -0.25) is 0 Å². The molecule has 0 aliphatic heterocycles. The summed E-state index contributed by atoms with van der Waals surface area (Å²) in [5, 5.41) is 3.64. The number of hydrogen-bond acceptors (Lipinski definition) is 3. The summed E-state index contributed by atoms with van der Waals surface area (Å²) in [7, 11) is 0. The van der Waals surface area contributed by atoms with Crippen molar-refractivity contribution in [2.75, 3.05) is 23.3 Å². The SMILES string of the molecule is CCCN(CCC)c1cccc2nc(Nc3c(C)cc(C)cc3C)n(CC)c12. The molecule has 0 aliphatic rings. The largest absolute Gasteiger partial charge is 0.370 e. The number of imidazole rings is 1. The van der Waals surface area contributed by atoms with E-state index in [4.69, 9.17) is 4.98 Å². The van der Waals surface area contributed by atoms with Crippen LogP contribution in [0.15, 0.2) is 30.3 Å². The predicted molar refractivity (Wildman–Crippen MR) is 122 cm³/mol. The quantitative estimate of drug-likeness (QED) is 0.495. The maximum atomic E-state index is 4.97. The van der Waals surface area contributed by atoms with Crippen LogP contribution in [0.25, 0.3) is 11.0 Å². The average molecular weight is 379 g/mol. The Balaban J connectivity index is 2.12. The fraction of sp³-hybridized carbons (Fsp3) is 0.458. The van der Waals surface area contributed by atoms with E-state index in [2.05, 4.69) is 86.7 Å². The number of aromatic nitrogens is 2. The highest BCUT2D eigenvalue weighted by atomic mass is 15.2. The van der Waals surface area contributed by atoms with Crippen LogP contribution < -0.4 is 10.2 Å². The summed E-state index contributed by atoms with van der Waals surface area (Å²) >= 11 is 0. The zero-order valence-electron chi connectivity index (χ0n) is 18.3. The summed E-state index contributed by atoms with van der Waals surface area (Å²) in [4.78, 5) is 7.47. The maximum Gasteiger partial charge on any atom is 0.208 e. The minimum atomic E-state index is 0.881. The van der Waals surface area contributed by atoms with Gasteiger partial charge in [-0.15, -0.1) is 0 Å². The van der Waals surface area contributed by atoms with Crippen molar-refractivity contribution in [2.45, 2.75) is 60.9 Å². The normalized spacial score (nSPS) is 11.2. The summed E-state index contributed by atoms with van der Waals surface area (Å²) in [6.07, 6.45) is 2.28. The van der Waals surface area contributed by atoms with Crippen LogP contribution in [-0.2, 0) is 6.54 Å². The summed E-state index contributed by atoms with van der Waals surface area (Å²) in [6.45, 7) is 16.2. The number of para-hydroxylation sites is 1. The van der Waals surface area contributed by atoms with Gasteiger partial charge in [-0.2, -0.15) is 0 Å². The Morgan fingerprint density at radius 2 is 1.61 bits per heavy atom. The van der Waals surface area contributed by atoms with Gasteiger partial charge < -0.3 is 14.8 Å². The van der Waals surface area contributed by atoms with E-state index in [1.165, 1.54) is 27.9 Å². The third kappa shape index (κ3) is 3.87. The molecule has 1 heterocycles. The van der Waals surface area contributed by atoms with Crippen molar-refractivity contribution >= 4 is 28.4 Å². The van der Waals surface area contributed by atoms with Crippen LogP contribution in [0.1, 0.15) is 50.3 Å². The third-order valence-corrected chi connectivity index (χ3v) is 5.30. The number of hydrogen-bond donors (Lipinski definition) is 1. The summed E-state index contributed by atoms with van der Waals surface area (Å²) < 4.78 is 2.32. The molecule has 0 atom stereocenters. The number of benzene rings is 2. The van der Waals surface area contributed by atoms with Gasteiger partial charge in [-0.05, 0) is 63.8 Å². The monoisotopic (exact) mass is 378 g/mol. The van der Waals surface area contributed by atoms with Gasteiger partial charge in [0.05, 0.1) is 16.7 Å². The van der Waals surface area contributed by atoms with Crippen molar-refractivity contribution in [2.24, 2.45) is 0 Å². The lowest BCUT2D eigenvalue weighted by Crippen LogP contribution is -2.25. The lowest BCUT2D eigenvalue weighted by Gasteiger charge is -2.25. The van der Waals surface area contributed by atoms with E-state index in [0.29, 0.717) is 0 Å². The molecule has 0 saturated heterocycles. The first kappa shape index (κ1) is 20.2. The molecule has 3 rings (SSSR count). The molecule has 0 spiro atoms. The standard InChI is InChI=1S/C24H34N4/c1-7-13-27(14-8-2)21-12-10-11-20-23(21)28(9-3)24(25-20)26-22-18(5)15-17(4)16-19(22)6/h10-12,15-16H,7-9,13-14H2,1-6H3,(H,25,26). The highest BCUT2D eigenvalue weighted by Gasteiger charge is 2.17. The van der Waals surface area contributed by atoms with Gasteiger partial charge in [0.2, 0.25) is 5.95 Å². The van der Waals surface area contributed by atoms with Gasteiger partial charge in [0.1, 0.15) is 0 Å². The zero-order valence-corrected chi connectivity index (χ0v) is 18.3. The molecule has 0 amide bonds. The Kier molecular flexibility index (Phi) is 6.28. The molecule has 1 aromatic heterocycles. The Hall–Kier alpha value is -2.49. The first-order valence-electron chi connectivity index (χ1n) is 10.6. The lowest BCUT2D eigenvalue weighted by molar-refractivity contribution is 0.740. The minimum absolute atomic E-state index is 0.881. The van der Waals surface area contributed by atoms with E-state index in [-0.39, 0.29) is 0 Å². The summed E-state index contributed by atoms with van der Waals surface area (Å²) in [5.41, 5.74) is 8.55. The van der Waals surface area contributed by atoms with E-state index in [0.717, 1.165) is 49.6 Å². The van der Waals surface area contributed by atoms with Crippen molar-refractivity contribution in [1.29, 1.82) is 0 Å². The second-order valence-corrected chi connectivity index (χ2v) is 7.71. The van der Waals surface area contributed by atoms with E-state index < -0.39 is 0 Å². The highest BCUT2D eigenvalue weighted by Crippen LogP contribution is 2.33. The Morgan fingerprint density at radius 3 is 2.18 bits per heavy atom. The van der Waals surface area contributed by atoms with Crippen LogP contribution in [0, 0.1) is 20.8 Å². The van der Waals surface area contributed by atoms with E-state index >= 15 is 0 Å². The molecule has 0 unspecified atom stereocenters. The van der Waals surface area contributed by atoms with Gasteiger partial charge in [0.25, 0.3) is 0 Å². The van der Waals surface area contributed by atoms with Gasteiger partial charge in [0.15, 0.2) is 0 Å². The lowest BCUT2D eigenvalue weighted by atomic mass is 10.1. The van der Waals surface area contributed by atoms with E-state index in [9.17, 15) is 0 Å². The molecule has 28 heavy (non-hydrogen) atoms. The second kappa shape index (κ2) is 8.68. The van der Waals surface area contributed by atoms with Gasteiger partial charge >= 0.3 is 0 Å². The molecular formula is C24H34N4. The smallest absolute Gasteiger partial charge is 0.208 e. The molecule has 0 saturated carbocycles. The van der Waals surface area contributed by atoms with Crippen molar-refractivity contribution in [3.05, 3.63) is 47.0 Å². The van der Waals surface area contributed by atoms with E-state index in [1.807, 2.05) is 0 Å². The van der Waals surface area contributed by atoms with Gasteiger partial charge in [-0.1, -0.05) is 37.6 Å². The summed E-state index contributed by atoms with van der Waals surface area (Å²) in [6, 6.07) is 11.0. The molecule has 0 aliphatic carbocycles. The Bertz CT molecular complexity index is 926. The number of anilines is 3.